The van der Waals surface area contributed by atoms with Crippen molar-refractivity contribution in [3.8, 4) is 0 Å². The van der Waals surface area contributed by atoms with Gasteiger partial charge >= 0.3 is 0 Å². The van der Waals surface area contributed by atoms with Crippen molar-refractivity contribution in [1.29, 1.82) is 0 Å². The highest BCUT2D eigenvalue weighted by Gasteiger charge is 2.08. The van der Waals surface area contributed by atoms with Gasteiger partial charge in [-0.2, -0.15) is 0 Å². The summed E-state index contributed by atoms with van der Waals surface area (Å²) in [6.07, 6.45) is 23.4. The van der Waals surface area contributed by atoms with Crippen molar-refractivity contribution in [2.24, 2.45) is 0 Å². The van der Waals surface area contributed by atoms with Crippen molar-refractivity contribution >= 4 is 32.2 Å². The van der Waals surface area contributed by atoms with Crippen LogP contribution in [-0.2, 0) is 22.5 Å². The van der Waals surface area contributed by atoms with Gasteiger partial charge in [0, 0.05) is 0 Å². The highest BCUT2D eigenvalue weighted by molar-refractivity contribution is 7.76. The fourth-order valence-electron chi connectivity index (χ4n) is 3.47. The van der Waals surface area contributed by atoms with E-state index in [9.17, 15) is 8.42 Å². The molecule has 0 aliphatic rings. The summed E-state index contributed by atoms with van der Waals surface area (Å²) < 4.78 is 22.9. The second kappa shape index (κ2) is 22.1. The fraction of sp³-hybridized carbons (Fsp3) is 0.913. The largest absolute Gasteiger partial charge is 0.212 e. The Labute approximate surface area is 176 Å². The molecule has 0 aliphatic carbocycles. The van der Waals surface area contributed by atoms with Crippen molar-refractivity contribution in [3.63, 3.8) is 0 Å². The first-order chi connectivity index (χ1) is 13.3. The van der Waals surface area contributed by atoms with Crippen LogP contribution in [-0.4, -0.2) is 18.1 Å². The molecule has 0 unspecified atom stereocenters. The molecular formula is C23H44O2S2. The van der Waals surface area contributed by atoms with E-state index in [1.807, 2.05) is 0 Å². The van der Waals surface area contributed by atoms with E-state index in [4.69, 9.17) is 0 Å². The first kappa shape index (κ1) is 26.8. The van der Waals surface area contributed by atoms with Gasteiger partial charge in [0.1, 0.15) is 0 Å². The van der Waals surface area contributed by atoms with E-state index in [-0.39, 0.29) is 0 Å². The lowest BCUT2D eigenvalue weighted by atomic mass is 10.0. The van der Waals surface area contributed by atoms with Gasteiger partial charge in [0.05, 0.1) is 32.2 Å². The molecule has 0 aromatic rings. The van der Waals surface area contributed by atoms with Crippen LogP contribution < -0.4 is 0 Å². The molecule has 0 saturated carbocycles. The lowest BCUT2D eigenvalue weighted by molar-refractivity contribution is 0.568. The Bertz CT molecular complexity index is 436. The molecule has 0 radical (unpaired) electrons. The zero-order valence-corrected chi connectivity index (χ0v) is 19.7. The lowest BCUT2D eigenvalue weighted by Crippen LogP contribution is -2.14. The van der Waals surface area contributed by atoms with E-state index in [0.717, 1.165) is 35.4 Å². The van der Waals surface area contributed by atoms with E-state index in [1.54, 1.807) is 0 Å². The number of hydrogen-bond acceptors (Lipinski definition) is 2. The molecule has 27 heavy (non-hydrogen) atoms. The first-order valence-electron chi connectivity index (χ1n) is 11.6. The van der Waals surface area contributed by atoms with Crippen LogP contribution >= 0.6 is 0 Å². The number of rotatable bonds is 20. The number of hydrogen-bond donors (Lipinski definition) is 0. The third kappa shape index (κ3) is 17.6. The molecule has 0 saturated heterocycles. The maximum absolute atomic E-state index is 11.4. The predicted molar refractivity (Wildman–Crippen MR) is 125 cm³/mol. The molecule has 0 aromatic heterocycles. The Morgan fingerprint density at radius 1 is 0.444 bits per heavy atom. The SMILES string of the molecule is CCCCCCCCCCCC(=S=O)C(CCCCCCCCCC)=S=O. The van der Waals surface area contributed by atoms with Gasteiger partial charge in [0.2, 0.25) is 0 Å². The molecule has 0 amide bonds. The maximum atomic E-state index is 11.4. The Hall–Kier alpha value is -0.220. The summed E-state index contributed by atoms with van der Waals surface area (Å²) in [5.41, 5.74) is 0. The first-order valence-corrected chi connectivity index (χ1v) is 13.1. The van der Waals surface area contributed by atoms with Crippen molar-refractivity contribution in [3.05, 3.63) is 0 Å². The molecule has 4 heteroatoms. The smallest absolute Gasteiger partial charge is 0.0933 e. The van der Waals surface area contributed by atoms with Crippen LogP contribution in [0.3, 0.4) is 0 Å². The van der Waals surface area contributed by atoms with Crippen LogP contribution in [0.15, 0.2) is 0 Å². The van der Waals surface area contributed by atoms with Crippen LogP contribution in [0, 0.1) is 0 Å². The average Bonchev–Trinajstić information content (AvgIpc) is 2.69. The van der Waals surface area contributed by atoms with Crippen LogP contribution in [0.1, 0.15) is 136 Å². The van der Waals surface area contributed by atoms with Crippen molar-refractivity contribution in [1.82, 2.24) is 0 Å². The summed E-state index contributed by atoms with van der Waals surface area (Å²) in [6, 6.07) is 0. The minimum Gasteiger partial charge on any atom is -0.212 e. The highest BCUT2D eigenvalue weighted by atomic mass is 32.1. The van der Waals surface area contributed by atoms with Gasteiger partial charge < -0.3 is 0 Å². The Morgan fingerprint density at radius 3 is 0.963 bits per heavy atom. The van der Waals surface area contributed by atoms with Gasteiger partial charge in [-0.15, -0.1) is 0 Å². The summed E-state index contributed by atoms with van der Waals surface area (Å²) >= 11 is 1.13. The van der Waals surface area contributed by atoms with E-state index in [0.29, 0.717) is 22.5 Å². The van der Waals surface area contributed by atoms with Crippen LogP contribution in [0.25, 0.3) is 0 Å². The highest BCUT2D eigenvalue weighted by Crippen LogP contribution is 2.13. The average molecular weight is 417 g/mol. The quantitative estimate of drug-likeness (QED) is 0.155. The molecular weight excluding hydrogens is 372 g/mol. The van der Waals surface area contributed by atoms with Gasteiger partial charge in [-0.1, -0.05) is 110 Å². The number of unbranched alkanes of at least 4 members (excludes halogenated alkanes) is 15. The predicted octanol–water partition coefficient (Wildman–Crippen LogP) is 7.21. The molecule has 0 fully saturated rings. The zero-order valence-electron chi connectivity index (χ0n) is 18.1. The van der Waals surface area contributed by atoms with Gasteiger partial charge in [-0.05, 0) is 25.7 Å². The second-order valence-corrected chi connectivity index (χ2v) is 9.14. The van der Waals surface area contributed by atoms with E-state index >= 15 is 0 Å². The zero-order chi connectivity index (χ0) is 20.0. The van der Waals surface area contributed by atoms with Crippen LogP contribution in [0.4, 0.5) is 0 Å². The van der Waals surface area contributed by atoms with Crippen molar-refractivity contribution < 1.29 is 8.42 Å². The van der Waals surface area contributed by atoms with E-state index in [1.165, 1.54) is 96.3 Å². The standard InChI is InChI=1S/C23H44O2S2/c1-3-5-7-9-11-13-15-17-19-21-23(27-25)22(26-24)20-18-16-14-12-10-8-6-4-2/h3-21H2,1-2H3. The monoisotopic (exact) mass is 416 g/mol. The van der Waals surface area contributed by atoms with E-state index in [2.05, 4.69) is 13.8 Å². The second-order valence-electron chi connectivity index (χ2n) is 7.82. The third-order valence-corrected chi connectivity index (χ3v) is 6.71. The van der Waals surface area contributed by atoms with Gasteiger partial charge in [-0.25, -0.2) is 8.42 Å². The topological polar surface area (TPSA) is 34.1 Å². The van der Waals surface area contributed by atoms with Crippen molar-refractivity contribution in [2.45, 2.75) is 136 Å². The van der Waals surface area contributed by atoms with Crippen molar-refractivity contribution in [2.75, 3.05) is 0 Å². The molecule has 0 aliphatic heterocycles. The molecule has 2 nitrogen and oxygen atoms in total. The molecule has 0 bridgehead atoms. The summed E-state index contributed by atoms with van der Waals surface area (Å²) in [5, 5.41) is 0. The molecule has 0 heterocycles. The third-order valence-electron chi connectivity index (χ3n) is 5.28. The molecule has 0 spiro atoms. The Kier molecular flexibility index (Phi) is 21.9. The van der Waals surface area contributed by atoms with Gasteiger partial charge in [-0.3, -0.25) is 0 Å². The normalized spacial score (nSPS) is 10.7. The lowest BCUT2D eigenvalue weighted by Gasteiger charge is -2.06. The molecule has 0 atom stereocenters. The van der Waals surface area contributed by atoms with Crippen LogP contribution in [0.2, 0.25) is 0 Å². The summed E-state index contributed by atoms with van der Waals surface area (Å²) in [7, 11) is 0. The minimum absolute atomic E-state index is 0.566. The molecule has 0 aromatic carbocycles. The molecule has 160 valence electrons. The molecule has 0 N–H and O–H groups in total. The Morgan fingerprint density at radius 2 is 0.704 bits per heavy atom. The fourth-order valence-corrected chi connectivity index (χ4v) is 4.52. The van der Waals surface area contributed by atoms with Gasteiger partial charge in [0.25, 0.3) is 0 Å². The Balaban J connectivity index is 3.76. The molecule has 0 rings (SSSR count). The van der Waals surface area contributed by atoms with Crippen LogP contribution in [0.5, 0.6) is 0 Å². The summed E-state index contributed by atoms with van der Waals surface area (Å²) in [4.78, 5) is 1.64. The maximum Gasteiger partial charge on any atom is 0.0933 e. The minimum atomic E-state index is 0.566. The van der Waals surface area contributed by atoms with Gasteiger partial charge in [0.15, 0.2) is 0 Å². The summed E-state index contributed by atoms with van der Waals surface area (Å²) in [6.45, 7) is 4.50. The summed E-state index contributed by atoms with van der Waals surface area (Å²) in [5.74, 6) is 0. The van der Waals surface area contributed by atoms with E-state index < -0.39 is 0 Å².